The van der Waals surface area contributed by atoms with Crippen molar-refractivity contribution in [1.29, 1.82) is 0 Å². The van der Waals surface area contributed by atoms with E-state index in [-0.39, 0.29) is 5.97 Å². The zero-order valence-corrected chi connectivity index (χ0v) is 8.32. The summed E-state index contributed by atoms with van der Waals surface area (Å²) in [6, 6.07) is 0. The van der Waals surface area contributed by atoms with E-state index in [2.05, 4.69) is 14.6 Å². The fraction of sp³-hybridized carbons (Fsp3) is 0.625. The van der Waals surface area contributed by atoms with Crippen LogP contribution in [0.5, 0.6) is 0 Å². The second kappa shape index (κ2) is 4.58. The molecule has 1 heterocycles. The Balaban J connectivity index is 2.47. The summed E-state index contributed by atoms with van der Waals surface area (Å²) in [5, 5.41) is 3.17. The first-order valence-corrected chi connectivity index (χ1v) is 4.75. The van der Waals surface area contributed by atoms with Crippen molar-refractivity contribution in [2.75, 3.05) is 13.2 Å². The lowest BCUT2D eigenvalue weighted by molar-refractivity contribution is -0.138. The SMILES string of the molecule is CCOC(=O)C1=CC[C@@H](P)NC1. The Hall–Kier alpha value is -0.400. The first-order valence-electron chi connectivity index (χ1n) is 4.09. The molecule has 1 rings (SSSR count). The smallest absolute Gasteiger partial charge is 0.334 e. The van der Waals surface area contributed by atoms with Crippen LogP contribution in [0, 0.1) is 0 Å². The van der Waals surface area contributed by atoms with Crippen LogP contribution in [-0.4, -0.2) is 24.9 Å². The number of esters is 1. The van der Waals surface area contributed by atoms with E-state index < -0.39 is 0 Å². The van der Waals surface area contributed by atoms with E-state index in [1.54, 1.807) is 0 Å². The van der Waals surface area contributed by atoms with Crippen molar-refractivity contribution in [3.05, 3.63) is 11.6 Å². The lowest BCUT2D eigenvalue weighted by Gasteiger charge is -2.18. The molecular weight excluding hydrogens is 173 g/mol. The van der Waals surface area contributed by atoms with Crippen LogP contribution in [0.25, 0.3) is 0 Å². The Bertz CT molecular complexity index is 203. The molecular formula is C8H14NO2P. The largest absolute Gasteiger partial charge is 0.463 e. The summed E-state index contributed by atoms with van der Waals surface area (Å²) in [4.78, 5) is 11.2. The molecule has 0 aliphatic carbocycles. The second-order valence-electron chi connectivity index (χ2n) is 2.67. The highest BCUT2D eigenvalue weighted by Gasteiger charge is 2.15. The summed E-state index contributed by atoms with van der Waals surface area (Å²) in [7, 11) is 2.67. The molecule has 0 saturated carbocycles. The second-order valence-corrected chi connectivity index (χ2v) is 3.48. The fourth-order valence-electron chi connectivity index (χ4n) is 1.05. The predicted octanol–water partition coefficient (Wildman–Crippen LogP) is 0.670. The Morgan fingerprint density at radius 3 is 3.17 bits per heavy atom. The maximum Gasteiger partial charge on any atom is 0.334 e. The minimum absolute atomic E-state index is 0.193. The summed E-state index contributed by atoms with van der Waals surface area (Å²) in [5.41, 5.74) is 0.746. The minimum atomic E-state index is -0.193. The van der Waals surface area contributed by atoms with Crippen molar-refractivity contribution in [2.45, 2.75) is 19.1 Å². The van der Waals surface area contributed by atoms with E-state index in [4.69, 9.17) is 4.74 Å². The summed E-state index contributed by atoms with van der Waals surface area (Å²) in [6.07, 6.45) is 2.81. The van der Waals surface area contributed by atoms with Crippen LogP contribution in [-0.2, 0) is 9.53 Å². The van der Waals surface area contributed by atoms with Gasteiger partial charge in [0, 0.05) is 17.9 Å². The number of hydrogen-bond acceptors (Lipinski definition) is 3. The van der Waals surface area contributed by atoms with Crippen molar-refractivity contribution in [3.63, 3.8) is 0 Å². The standard InChI is InChI=1S/C8H14NO2P/c1-2-11-8(10)6-3-4-7(12)9-5-6/h3,7,9H,2,4-5,12H2,1H3/t7-/m1/s1. The van der Waals surface area contributed by atoms with Gasteiger partial charge in [0.05, 0.1) is 6.61 Å². The number of hydrogen-bond donors (Lipinski definition) is 1. The van der Waals surface area contributed by atoms with E-state index in [1.807, 2.05) is 13.0 Å². The molecule has 1 N–H and O–H groups in total. The molecule has 0 fully saturated rings. The number of carbonyl (C=O) groups is 1. The van der Waals surface area contributed by atoms with Gasteiger partial charge in [-0.25, -0.2) is 4.79 Å². The molecule has 3 nitrogen and oxygen atoms in total. The van der Waals surface area contributed by atoms with Crippen LogP contribution in [0.2, 0.25) is 0 Å². The first kappa shape index (κ1) is 9.69. The first-order chi connectivity index (χ1) is 5.74. The Morgan fingerprint density at radius 1 is 1.92 bits per heavy atom. The van der Waals surface area contributed by atoms with Crippen LogP contribution >= 0.6 is 9.24 Å². The summed E-state index contributed by atoms with van der Waals surface area (Å²) < 4.78 is 4.86. The van der Waals surface area contributed by atoms with Gasteiger partial charge in [-0.2, -0.15) is 0 Å². The summed E-state index contributed by atoms with van der Waals surface area (Å²) in [6.45, 7) is 2.88. The number of carbonyl (C=O) groups excluding carboxylic acids is 1. The van der Waals surface area contributed by atoms with Crippen molar-refractivity contribution < 1.29 is 9.53 Å². The van der Waals surface area contributed by atoms with E-state index in [1.165, 1.54) is 0 Å². The van der Waals surface area contributed by atoms with Gasteiger partial charge in [0.2, 0.25) is 0 Å². The van der Waals surface area contributed by atoms with Gasteiger partial charge in [0.1, 0.15) is 0 Å². The lowest BCUT2D eigenvalue weighted by Crippen LogP contribution is -2.31. The van der Waals surface area contributed by atoms with E-state index in [0.717, 1.165) is 12.0 Å². The van der Waals surface area contributed by atoms with E-state index >= 15 is 0 Å². The molecule has 1 aliphatic heterocycles. The van der Waals surface area contributed by atoms with Crippen LogP contribution in [0.3, 0.4) is 0 Å². The molecule has 68 valence electrons. The third-order valence-corrected chi connectivity index (χ3v) is 2.22. The maximum absolute atomic E-state index is 11.2. The van der Waals surface area contributed by atoms with Gasteiger partial charge in [-0.3, -0.25) is 0 Å². The van der Waals surface area contributed by atoms with E-state index in [9.17, 15) is 4.79 Å². The third-order valence-electron chi connectivity index (χ3n) is 1.71. The molecule has 1 aliphatic rings. The van der Waals surface area contributed by atoms with Gasteiger partial charge in [-0.1, -0.05) is 6.08 Å². The topological polar surface area (TPSA) is 38.3 Å². The molecule has 4 heteroatoms. The number of ether oxygens (including phenoxy) is 1. The van der Waals surface area contributed by atoms with Crippen molar-refractivity contribution in [1.82, 2.24) is 5.32 Å². The molecule has 0 aromatic rings. The zero-order chi connectivity index (χ0) is 8.97. The maximum atomic E-state index is 11.2. The molecule has 0 amide bonds. The molecule has 0 aromatic heterocycles. The quantitative estimate of drug-likeness (QED) is 0.510. The van der Waals surface area contributed by atoms with Gasteiger partial charge in [-0.05, 0) is 13.3 Å². The molecule has 12 heavy (non-hydrogen) atoms. The highest BCUT2D eigenvalue weighted by atomic mass is 31.0. The summed E-state index contributed by atoms with van der Waals surface area (Å²) in [5.74, 6) is 0.199. The van der Waals surface area contributed by atoms with Gasteiger partial charge in [-0.15, -0.1) is 9.24 Å². The molecule has 0 spiro atoms. The van der Waals surface area contributed by atoms with Gasteiger partial charge in [0.15, 0.2) is 0 Å². The molecule has 0 bridgehead atoms. The Morgan fingerprint density at radius 2 is 2.67 bits per heavy atom. The average Bonchev–Trinajstić information content (AvgIpc) is 2.06. The Labute approximate surface area is 74.8 Å². The summed E-state index contributed by atoms with van der Waals surface area (Å²) >= 11 is 0. The van der Waals surface area contributed by atoms with Gasteiger partial charge in [0.25, 0.3) is 0 Å². The predicted molar refractivity (Wildman–Crippen MR) is 50.8 cm³/mol. The minimum Gasteiger partial charge on any atom is -0.463 e. The number of rotatable bonds is 2. The normalized spacial score (nSPS) is 23.2. The third kappa shape index (κ3) is 2.58. The van der Waals surface area contributed by atoms with Crippen molar-refractivity contribution in [2.24, 2.45) is 0 Å². The Kier molecular flexibility index (Phi) is 3.70. The zero-order valence-electron chi connectivity index (χ0n) is 7.17. The average molecular weight is 187 g/mol. The molecule has 1 unspecified atom stereocenters. The van der Waals surface area contributed by atoms with Crippen molar-refractivity contribution in [3.8, 4) is 0 Å². The highest BCUT2D eigenvalue weighted by molar-refractivity contribution is 7.17. The monoisotopic (exact) mass is 187 g/mol. The molecule has 0 aromatic carbocycles. The fourth-order valence-corrected chi connectivity index (χ4v) is 1.30. The van der Waals surface area contributed by atoms with Gasteiger partial charge >= 0.3 is 5.97 Å². The van der Waals surface area contributed by atoms with Crippen LogP contribution in [0.4, 0.5) is 0 Å². The molecule has 2 atom stereocenters. The van der Waals surface area contributed by atoms with E-state index in [0.29, 0.717) is 18.9 Å². The van der Waals surface area contributed by atoms with Gasteiger partial charge < -0.3 is 10.1 Å². The van der Waals surface area contributed by atoms with Crippen LogP contribution < -0.4 is 5.32 Å². The van der Waals surface area contributed by atoms with Crippen LogP contribution in [0.1, 0.15) is 13.3 Å². The number of nitrogens with one attached hydrogen (secondary N) is 1. The van der Waals surface area contributed by atoms with Crippen LogP contribution in [0.15, 0.2) is 11.6 Å². The molecule has 0 radical (unpaired) electrons. The lowest BCUT2D eigenvalue weighted by atomic mass is 10.1. The molecule has 0 saturated heterocycles. The highest BCUT2D eigenvalue weighted by Crippen LogP contribution is 2.12. The van der Waals surface area contributed by atoms with Crippen molar-refractivity contribution >= 4 is 15.2 Å².